The Kier molecular flexibility index (Phi) is 5.59. The number of halogens is 2. The van der Waals surface area contributed by atoms with Crippen LogP contribution in [0.5, 0.6) is 0 Å². The molecule has 10 heteroatoms. The third kappa shape index (κ3) is 3.96. The monoisotopic (exact) mass is 387 g/mol. The van der Waals surface area contributed by atoms with Crippen LogP contribution < -0.4 is 16.3 Å². The van der Waals surface area contributed by atoms with E-state index in [1.54, 1.807) is 18.3 Å². The molecule has 0 aliphatic rings. The van der Waals surface area contributed by atoms with Crippen molar-refractivity contribution in [2.24, 2.45) is 5.73 Å². The van der Waals surface area contributed by atoms with E-state index >= 15 is 0 Å². The average Bonchev–Trinajstić information content (AvgIpc) is 3.06. The summed E-state index contributed by atoms with van der Waals surface area (Å²) in [5.41, 5.74) is 6.34. The van der Waals surface area contributed by atoms with Gasteiger partial charge in [0.2, 0.25) is 0 Å². The third-order valence-corrected chi connectivity index (χ3v) is 4.13. The van der Waals surface area contributed by atoms with E-state index in [4.69, 9.17) is 5.73 Å². The summed E-state index contributed by atoms with van der Waals surface area (Å²) in [4.78, 5) is 22.7. The molecule has 28 heavy (non-hydrogen) atoms. The molecule has 0 aromatic carbocycles. The maximum absolute atomic E-state index is 13.0. The molecule has 146 valence electrons. The Labute approximate surface area is 159 Å². The minimum absolute atomic E-state index is 0.136. The fraction of sp³-hybridized carbons (Fsp3) is 0.222. The summed E-state index contributed by atoms with van der Waals surface area (Å²) in [5.74, 6) is 0.930. The summed E-state index contributed by atoms with van der Waals surface area (Å²) in [5, 5.41) is 6.15. The van der Waals surface area contributed by atoms with Gasteiger partial charge in [-0.1, -0.05) is 0 Å². The van der Waals surface area contributed by atoms with Crippen molar-refractivity contribution in [2.75, 3.05) is 25.5 Å². The SMILES string of the molecule is CN(C)c1ccc(-c2cc(-n3c(CC(CN)=C(F)F)n[nH]c3=O)ccn2)cn1. The van der Waals surface area contributed by atoms with Crippen molar-refractivity contribution < 1.29 is 8.78 Å². The Morgan fingerprint density at radius 1 is 1.25 bits per heavy atom. The number of pyridine rings is 2. The van der Waals surface area contributed by atoms with Gasteiger partial charge >= 0.3 is 5.69 Å². The molecule has 0 bridgehead atoms. The topological polar surface area (TPSA) is 106 Å². The Bertz CT molecular complexity index is 1050. The second-order valence-electron chi connectivity index (χ2n) is 6.22. The van der Waals surface area contributed by atoms with Crippen LogP contribution in [0.15, 0.2) is 53.1 Å². The lowest BCUT2D eigenvalue weighted by Crippen LogP contribution is -2.18. The number of hydrogen-bond acceptors (Lipinski definition) is 6. The Morgan fingerprint density at radius 2 is 2.04 bits per heavy atom. The predicted octanol–water partition coefficient (Wildman–Crippen LogP) is 1.74. The summed E-state index contributed by atoms with van der Waals surface area (Å²) in [6.07, 6.45) is 1.10. The lowest BCUT2D eigenvalue weighted by atomic mass is 10.1. The first-order chi connectivity index (χ1) is 13.4. The number of aromatic nitrogens is 5. The van der Waals surface area contributed by atoms with Gasteiger partial charge in [-0.3, -0.25) is 4.98 Å². The minimum Gasteiger partial charge on any atom is -0.363 e. The van der Waals surface area contributed by atoms with E-state index in [1.807, 2.05) is 31.1 Å². The molecule has 3 aromatic heterocycles. The van der Waals surface area contributed by atoms with Crippen molar-refractivity contribution in [3.63, 3.8) is 0 Å². The molecule has 0 atom stereocenters. The molecular formula is C18H19F2N7O. The molecule has 0 radical (unpaired) electrons. The Morgan fingerprint density at radius 3 is 2.64 bits per heavy atom. The van der Waals surface area contributed by atoms with Crippen molar-refractivity contribution in [1.82, 2.24) is 24.7 Å². The van der Waals surface area contributed by atoms with Gasteiger partial charge in [0.25, 0.3) is 6.08 Å². The highest BCUT2D eigenvalue weighted by atomic mass is 19.3. The van der Waals surface area contributed by atoms with Crippen LogP contribution in [-0.2, 0) is 6.42 Å². The molecular weight excluding hydrogens is 368 g/mol. The molecule has 0 unspecified atom stereocenters. The van der Waals surface area contributed by atoms with Gasteiger partial charge in [0.15, 0.2) is 0 Å². The molecule has 0 spiro atoms. The van der Waals surface area contributed by atoms with E-state index in [-0.39, 0.29) is 24.4 Å². The zero-order valence-electron chi connectivity index (χ0n) is 15.4. The van der Waals surface area contributed by atoms with Crippen LogP contribution in [0.3, 0.4) is 0 Å². The lowest BCUT2D eigenvalue weighted by Gasteiger charge is -2.11. The first kappa shape index (κ1) is 19.4. The number of hydrogen-bond donors (Lipinski definition) is 2. The predicted molar refractivity (Wildman–Crippen MR) is 102 cm³/mol. The van der Waals surface area contributed by atoms with Crippen LogP contribution in [0.4, 0.5) is 14.6 Å². The van der Waals surface area contributed by atoms with Crippen molar-refractivity contribution in [3.05, 3.63) is 64.6 Å². The normalized spacial score (nSPS) is 10.8. The molecule has 0 aliphatic carbocycles. The van der Waals surface area contributed by atoms with Crippen LogP contribution in [0.25, 0.3) is 16.9 Å². The van der Waals surface area contributed by atoms with E-state index in [0.717, 1.165) is 11.4 Å². The van der Waals surface area contributed by atoms with Crippen LogP contribution in [-0.4, -0.2) is 45.4 Å². The fourth-order valence-electron chi connectivity index (χ4n) is 2.64. The highest BCUT2D eigenvalue weighted by molar-refractivity contribution is 5.62. The van der Waals surface area contributed by atoms with Gasteiger partial charge in [0.05, 0.1) is 11.4 Å². The lowest BCUT2D eigenvalue weighted by molar-refractivity contribution is 0.407. The number of H-pyrrole nitrogens is 1. The van der Waals surface area contributed by atoms with Crippen molar-refractivity contribution in [2.45, 2.75) is 6.42 Å². The minimum atomic E-state index is -1.87. The van der Waals surface area contributed by atoms with E-state index in [9.17, 15) is 13.6 Å². The maximum Gasteiger partial charge on any atom is 0.347 e. The third-order valence-electron chi connectivity index (χ3n) is 4.13. The molecule has 0 aliphatic heterocycles. The summed E-state index contributed by atoms with van der Waals surface area (Å²) < 4.78 is 27.1. The van der Waals surface area contributed by atoms with Crippen LogP contribution in [0, 0.1) is 0 Å². The molecule has 3 heterocycles. The average molecular weight is 387 g/mol. The summed E-state index contributed by atoms with van der Waals surface area (Å²) in [6.45, 7) is -0.325. The van der Waals surface area contributed by atoms with Gasteiger partial charge in [0, 0.05) is 50.6 Å². The van der Waals surface area contributed by atoms with Gasteiger partial charge in [-0.15, -0.1) is 0 Å². The maximum atomic E-state index is 13.0. The number of rotatable bonds is 6. The summed E-state index contributed by atoms with van der Waals surface area (Å²) in [7, 11) is 3.77. The second-order valence-corrected chi connectivity index (χ2v) is 6.22. The van der Waals surface area contributed by atoms with Crippen LogP contribution in [0.1, 0.15) is 5.82 Å². The summed E-state index contributed by atoms with van der Waals surface area (Å²) >= 11 is 0. The number of nitrogens with two attached hydrogens (primary N) is 1. The van der Waals surface area contributed by atoms with Gasteiger partial charge in [-0.05, 0) is 24.3 Å². The molecule has 3 aromatic rings. The smallest absolute Gasteiger partial charge is 0.347 e. The molecule has 0 saturated carbocycles. The molecule has 0 fully saturated rings. The van der Waals surface area contributed by atoms with E-state index in [1.165, 1.54) is 10.8 Å². The highest BCUT2D eigenvalue weighted by Gasteiger charge is 2.15. The zero-order valence-corrected chi connectivity index (χ0v) is 15.4. The molecule has 0 amide bonds. The standard InChI is InChI=1S/C18H19F2N7O/c1-26(2)15-4-3-11(10-23-15)14-8-13(5-6-22-14)27-16(24-25-18(27)28)7-12(9-21)17(19)20/h3-6,8,10H,7,9,21H2,1-2H3,(H,25,28). The van der Waals surface area contributed by atoms with Crippen molar-refractivity contribution in [1.29, 1.82) is 0 Å². The molecule has 3 N–H and O–H groups in total. The molecule has 8 nitrogen and oxygen atoms in total. The van der Waals surface area contributed by atoms with Crippen molar-refractivity contribution >= 4 is 5.82 Å². The van der Waals surface area contributed by atoms with Gasteiger partial charge in [-0.2, -0.15) is 13.9 Å². The first-order valence-corrected chi connectivity index (χ1v) is 8.40. The van der Waals surface area contributed by atoms with Crippen LogP contribution in [0.2, 0.25) is 0 Å². The number of aromatic amines is 1. The zero-order chi connectivity index (χ0) is 20.3. The Hall–Kier alpha value is -3.40. The van der Waals surface area contributed by atoms with E-state index in [2.05, 4.69) is 20.2 Å². The Balaban J connectivity index is 2.00. The first-order valence-electron chi connectivity index (χ1n) is 8.40. The second kappa shape index (κ2) is 8.09. The summed E-state index contributed by atoms with van der Waals surface area (Å²) in [6, 6.07) is 6.98. The van der Waals surface area contributed by atoms with Gasteiger partial charge in [-0.25, -0.2) is 19.4 Å². The van der Waals surface area contributed by atoms with Gasteiger partial charge < -0.3 is 10.6 Å². The fourth-order valence-corrected chi connectivity index (χ4v) is 2.64. The highest BCUT2D eigenvalue weighted by Crippen LogP contribution is 2.21. The number of nitrogens with zero attached hydrogens (tertiary/aromatic N) is 5. The van der Waals surface area contributed by atoms with E-state index < -0.39 is 11.8 Å². The number of nitrogens with one attached hydrogen (secondary N) is 1. The van der Waals surface area contributed by atoms with Crippen LogP contribution >= 0.6 is 0 Å². The molecule has 3 rings (SSSR count). The van der Waals surface area contributed by atoms with Crippen molar-refractivity contribution in [3.8, 4) is 16.9 Å². The quantitative estimate of drug-likeness (QED) is 0.667. The van der Waals surface area contributed by atoms with Gasteiger partial charge in [0.1, 0.15) is 11.6 Å². The van der Waals surface area contributed by atoms with E-state index in [0.29, 0.717) is 11.4 Å². The number of anilines is 1. The molecule has 0 saturated heterocycles. The largest absolute Gasteiger partial charge is 0.363 e.